The molecule has 0 fully saturated rings. The van der Waals surface area contributed by atoms with Crippen molar-refractivity contribution in [2.24, 2.45) is 5.73 Å². The molecular weight excluding hydrogens is 238 g/mol. The van der Waals surface area contributed by atoms with Gasteiger partial charge in [0.15, 0.2) is 12.0 Å². The van der Waals surface area contributed by atoms with E-state index in [4.69, 9.17) is 10.2 Å². The van der Waals surface area contributed by atoms with Gasteiger partial charge in [0.25, 0.3) is 0 Å². The molecule has 0 saturated heterocycles. The van der Waals surface area contributed by atoms with Crippen LogP contribution in [0.4, 0.5) is 0 Å². The number of aromatic nitrogens is 1. The first kappa shape index (κ1) is 14.0. The smallest absolute Gasteiger partial charge is 0.181 e. The van der Waals surface area contributed by atoms with Crippen LogP contribution in [0.3, 0.4) is 0 Å². The standard InChI is InChI=1S/C15H23N3O/c1-15(2,10-17-8-4-3-7-16)12-5-6-13-14(9-12)19-11-18-13/h5-6,9,11,17H,3-4,7-8,10,16H2,1-2H3. The third kappa shape index (κ3) is 3.55. The number of oxazole rings is 1. The Morgan fingerprint density at radius 1 is 1.32 bits per heavy atom. The minimum absolute atomic E-state index is 0.0731. The molecule has 19 heavy (non-hydrogen) atoms. The van der Waals surface area contributed by atoms with Crippen molar-refractivity contribution in [3.63, 3.8) is 0 Å². The highest BCUT2D eigenvalue weighted by atomic mass is 16.3. The number of nitrogens with two attached hydrogens (primary N) is 1. The molecule has 0 aliphatic carbocycles. The van der Waals surface area contributed by atoms with Gasteiger partial charge < -0.3 is 15.5 Å². The molecule has 2 rings (SSSR count). The average Bonchev–Trinajstić information content (AvgIpc) is 2.85. The van der Waals surface area contributed by atoms with E-state index in [9.17, 15) is 0 Å². The Hall–Kier alpha value is -1.39. The van der Waals surface area contributed by atoms with Crippen LogP contribution in [0, 0.1) is 0 Å². The third-order valence-electron chi connectivity index (χ3n) is 3.49. The molecule has 3 N–H and O–H groups in total. The van der Waals surface area contributed by atoms with Gasteiger partial charge in [-0.3, -0.25) is 0 Å². The van der Waals surface area contributed by atoms with E-state index in [1.807, 2.05) is 6.07 Å². The molecule has 0 bridgehead atoms. The molecule has 4 heteroatoms. The predicted molar refractivity (Wildman–Crippen MR) is 78.2 cm³/mol. The highest BCUT2D eigenvalue weighted by molar-refractivity contribution is 5.73. The summed E-state index contributed by atoms with van der Waals surface area (Å²) in [5, 5.41) is 3.50. The fraction of sp³-hybridized carbons (Fsp3) is 0.533. The minimum Gasteiger partial charge on any atom is -0.443 e. The number of hydrogen-bond acceptors (Lipinski definition) is 4. The number of hydrogen-bond donors (Lipinski definition) is 2. The van der Waals surface area contributed by atoms with Crippen molar-refractivity contribution >= 4 is 11.1 Å². The zero-order valence-electron chi connectivity index (χ0n) is 11.8. The first-order chi connectivity index (χ1) is 9.13. The summed E-state index contributed by atoms with van der Waals surface area (Å²) in [6, 6.07) is 6.24. The monoisotopic (exact) mass is 261 g/mol. The van der Waals surface area contributed by atoms with Crippen molar-refractivity contribution in [1.29, 1.82) is 0 Å². The highest BCUT2D eigenvalue weighted by Gasteiger charge is 2.20. The van der Waals surface area contributed by atoms with Crippen LogP contribution >= 0.6 is 0 Å². The van der Waals surface area contributed by atoms with Crippen LogP contribution in [-0.2, 0) is 5.41 Å². The minimum atomic E-state index is 0.0731. The fourth-order valence-corrected chi connectivity index (χ4v) is 2.17. The Morgan fingerprint density at radius 2 is 2.16 bits per heavy atom. The summed E-state index contributed by atoms with van der Waals surface area (Å²) in [6.45, 7) is 7.20. The number of benzene rings is 1. The van der Waals surface area contributed by atoms with Crippen LogP contribution in [0.15, 0.2) is 29.0 Å². The lowest BCUT2D eigenvalue weighted by Crippen LogP contribution is -2.33. The largest absolute Gasteiger partial charge is 0.443 e. The third-order valence-corrected chi connectivity index (χ3v) is 3.49. The fourth-order valence-electron chi connectivity index (χ4n) is 2.17. The normalized spacial score (nSPS) is 12.2. The van der Waals surface area contributed by atoms with Gasteiger partial charge in [0.1, 0.15) is 5.52 Å². The van der Waals surface area contributed by atoms with Crippen molar-refractivity contribution in [2.75, 3.05) is 19.6 Å². The molecule has 104 valence electrons. The van der Waals surface area contributed by atoms with E-state index in [1.54, 1.807) is 0 Å². The number of nitrogens with zero attached hydrogens (tertiary/aromatic N) is 1. The summed E-state index contributed by atoms with van der Waals surface area (Å²) >= 11 is 0. The van der Waals surface area contributed by atoms with Crippen molar-refractivity contribution in [2.45, 2.75) is 32.1 Å². The second kappa shape index (κ2) is 6.17. The van der Waals surface area contributed by atoms with Crippen molar-refractivity contribution in [3.05, 3.63) is 30.2 Å². The highest BCUT2D eigenvalue weighted by Crippen LogP contribution is 2.25. The molecule has 0 unspecified atom stereocenters. The second-order valence-corrected chi connectivity index (χ2v) is 5.59. The van der Waals surface area contributed by atoms with Gasteiger partial charge in [-0.05, 0) is 43.6 Å². The number of fused-ring (bicyclic) bond motifs is 1. The van der Waals surface area contributed by atoms with E-state index in [2.05, 4.69) is 36.3 Å². The summed E-state index contributed by atoms with van der Waals surface area (Å²) < 4.78 is 5.37. The predicted octanol–water partition coefficient (Wildman–Crippen LogP) is 2.43. The molecule has 2 aromatic rings. The van der Waals surface area contributed by atoms with Gasteiger partial charge in [0.05, 0.1) is 0 Å². The summed E-state index contributed by atoms with van der Waals surface area (Å²) in [5.74, 6) is 0. The van der Waals surface area contributed by atoms with E-state index >= 15 is 0 Å². The van der Waals surface area contributed by atoms with Crippen molar-refractivity contribution in [3.8, 4) is 0 Å². The van der Waals surface area contributed by atoms with Gasteiger partial charge in [-0.15, -0.1) is 0 Å². The van der Waals surface area contributed by atoms with E-state index in [0.29, 0.717) is 0 Å². The SMILES string of the molecule is CC(C)(CNCCCCN)c1ccc2ncoc2c1. The van der Waals surface area contributed by atoms with Gasteiger partial charge in [0, 0.05) is 12.0 Å². The van der Waals surface area contributed by atoms with Gasteiger partial charge in [-0.2, -0.15) is 0 Å². The lowest BCUT2D eigenvalue weighted by molar-refractivity contribution is 0.463. The van der Waals surface area contributed by atoms with Gasteiger partial charge in [-0.1, -0.05) is 19.9 Å². The molecule has 4 nitrogen and oxygen atoms in total. The quantitative estimate of drug-likeness (QED) is 0.751. The van der Waals surface area contributed by atoms with Gasteiger partial charge in [0.2, 0.25) is 0 Å². The molecule has 0 aliphatic heterocycles. The van der Waals surface area contributed by atoms with E-state index in [1.165, 1.54) is 12.0 Å². The summed E-state index contributed by atoms with van der Waals surface area (Å²) in [4.78, 5) is 4.14. The lowest BCUT2D eigenvalue weighted by Gasteiger charge is -2.25. The van der Waals surface area contributed by atoms with Gasteiger partial charge >= 0.3 is 0 Å². The molecule has 0 spiro atoms. The molecule has 0 atom stereocenters. The number of unbranched alkanes of at least 4 members (excludes halogenated alkanes) is 1. The lowest BCUT2D eigenvalue weighted by atomic mass is 9.84. The second-order valence-electron chi connectivity index (χ2n) is 5.59. The topological polar surface area (TPSA) is 64.1 Å². The number of nitrogens with one attached hydrogen (secondary N) is 1. The maximum atomic E-state index is 5.49. The average molecular weight is 261 g/mol. The van der Waals surface area contributed by atoms with Crippen LogP contribution in [0.5, 0.6) is 0 Å². The van der Waals surface area contributed by atoms with Crippen LogP contribution in [0.25, 0.3) is 11.1 Å². The number of rotatable bonds is 7. The Labute approximate surface area is 114 Å². The molecular formula is C15H23N3O. The molecule has 1 aromatic heterocycles. The van der Waals surface area contributed by atoms with E-state index in [-0.39, 0.29) is 5.41 Å². The molecule has 0 radical (unpaired) electrons. The molecule has 1 heterocycles. The zero-order chi connectivity index (χ0) is 13.7. The Morgan fingerprint density at radius 3 is 2.95 bits per heavy atom. The van der Waals surface area contributed by atoms with Crippen LogP contribution in [0.1, 0.15) is 32.3 Å². The summed E-state index contributed by atoms with van der Waals surface area (Å²) in [5.41, 5.74) is 8.59. The summed E-state index contributed by atoms with van der Waals surface area (Å²) in [7, 11) is 0. The zero-order valence-corrected chi connectivity index (χ0v) is 11.8. The Bertz CT molecular complexity index is 519. The Balaban J connectivity index is 1.97. The maximum absolute atomic E-state index is 5.49. The molecule has 1 aromatic carbocycles. The molecule has 0 amide bonds. The Kier molecular flexibility index (Phi) is 4.56. The first-order valence-electron chi connectivity index (χ1n) is 6.88. The molecule has 0 aliphatic rings. The van der Waals surface area contributed by atoms with Crippen LogP contribution < -0.4 is 11.1 Å². The van der Waals surface area contributed by atoms with Crippen LogP contribution in [-0.4, -0.2) is 24.6 Å². The maximum Gasteiger partial charge on any atom is 0.181 e. The van der Waals surface area contributed by atoms with Crippen molar-refractivity contribution in [1.82, 2.24) is 10.3 Å². The first-order valence-corrected chi connectivity index (χ1v) is 6.88. The van der Waals surface area contributed by atoms with Crippen LogP contribution in [0.2, 0.25) is 0 Å². The van der Waals surface area contributed by atoms with E-state index < -0.39 is 0 Å². The van der Waals surface area contributed by atoms with Crippen molar-refractivity contribution < 1.29 is 4.42 Å². The van der Waals surface area contributed by atoms with E-state index in [0.717, 1.165) is 43.6 Å². The molecule has 0 saturated carbocycles. The van der Waals surface area contributed by atoms with Gasteiger partial charge in [-0.25, -0.2) is 4.98 Å². The summed E-state index contributed by atoms with van der Waals surface area (Å²) in [6.07, 6.45) is 3.71.